The van der Waals surface area contributed by atoms with E-state index in [1.807, 2.05) is 12.1 Å². The highest BCUT2D eigenvalue weighted by Gasteiger charge is 2.20. The van der Waals surface area contributed by atoms with Crippen LogP contribution >= 0.6 is 0 Å². The van der Waals surface area contributed by atoms with Crippen LogP contribution in [0.2, 0.25) is 0 Å². The van der Waals surface area contributed by atoms with Crippen LogP contribution in [0.4, 0.5) is 0 Å². The van der Waals surface area contributed by atoms with E-state index in [4.69, 9.17) is 10.5 Å². The number of ether oxygens (including phenoxy) is 1. The smallest absolute Gasteiger partial charge is 0.127 e. The summed E-state index contributed by atoms with van der Waals surface area (Å²) in [6, 6.07) is 19.1. The summed E-state index contributed by atoms with van der Waals surface area (Å²) in [5.41, 5.74) is 8.33. The Morgan fingerprint density at radius 2 is 1.45 bits per heavy atom. The summed E-state index contributed by atoms with van der Waals surface area (Å²) in [7, 11) is 0. The second-order valence-electron chi connectivity index (χ2n) is 5.52. The van der Waals surface area contributed by atoms with Crippen molar-refractivity contribution in [1.29, 1.82) is 0 Å². The van der Waals surface area contributed by atoms with E-state index in [1.54, 1.807) is 0 Å². The van der Waals surface area contributed by atoms with Gasteiger partial charge in [0.1, 0.15) is 5.75 Å². The highest BCUT2D eigenvalue weighted by Crippen LogP contribution is 2.32. The molecule has 2 aromatic rings. The van der Waals surface area contributed by atoms with Crippen LogP contribution in [0.5, 0.6) is 5.75 Å². The van der Waals surface area contributed by atoms with E-state index in [1.165, 1.54) is 11.1 Å². The Kier molecular flexibility index (Phi) is 4.03. The molecule has 0 radical (unpaired) electrons. The average Bonchev–Trinajstić information content (AvgIpc) is 2.51. The first kappa shape index (κ1) is 13.2. The lowest BCUT2D eigenvalue weighted by atomic mass is 9.93. The summed E-state index contributed by atoms with van der Waals surface area (Å²) in [4.78, 5) is 0. The van der Waals surface area contributed by atoms with Crippen molar-refractivity contribution < 1.29 is 4.74 Å². The highest BCUT2D eigenvalue weighted by atomic mass is 16.5. The SMILES string of the molecule is NC1CCC(Oc2ccccc2-c2ccccc2)CC1. The van der Waals surface area contributed by atoms with Gasteiger partial charge in [-0.25, -0.2) is 0 Å². The van der Waals surface area contributed by atoms with Gasteiger partial charge in [0.15, 0.2) is 0 Å². The monoisotopic (exact) mass is 267 g/mol. The van der Waals surface area contributed by atoms with Crippen molar-refractivity contribution >= 4 is 0 Å². The Morgan fingerprint density at radius 3 is 2.20 bits per heavy atom. The van der Waals surface area contributed by atoms with Gasteiger partial charge in [0.2, 0.25) is 0 Å². The van der Waals surface area contributed by atoms with E-state index in [2.05, 4.69) is 42.5 Å². The quantitative estimate of drug-likeness (QED) is 0.912. The molecule has 1 saturated carbocycles. The van der Waals surface area contributed by atoms with Crippen molar-refractivity contribution in [2.24, 2.45) is 5.73 Å². The van der Waals surface area contributed by atoms with Crippen LogP contribution < -0.4 is 10.5 Å². The Balaban J connectivity index is 1.80. The minimum Gasteiger partial charge on any atom is -0.490 e. The van der Waals surface area contributed by atoms with E-state index in [9.17, 15) is 0 Å². The zero-order chi connectivity index (χ0) is 13.8. The van der Waals surface area contributed by atoms with Gasteiger partial charge >= 0.3 is 0 Å². The van der Waals surface area contributed by atoms with Crippen LogP contribution in [0.15, 0.2) is 54.6 Å². The predicted molar refractivity (Wildman–Crippen MR) is 82.7 cm³/mol. The third kappa shape index (κ3) is 3.02. The van der Waals surface area contributed by atoms with Crippen molar-refractivity contribution in [2.75, 3.05) is 0 Å². The number of hydrogen-bond acceptors (Lipinski definition) is 2. The predicted octanol–water partition coefficient (Wildman–Crippen LogP) is 4.00. The van der Waals surface area contributed by atoms with E-state index in [0.717, 1.165) is 31.4 Å². The molecule has 1 aliphatic carbocycles. The first-order chi connectivity index (χ1) is 9.83. The van der Waals surface area contributed by atoms with Gasteiger partial charge < -0.3 is 10.5 Å². The second-order valence-corrected chi connectivity index (χ2v) is 5.52. The lowest BCUT2D eigenvalue weighted by molar-refractivity contribution is 0.148. The van der Waals surface area contributed by atoms with E-state index in [-0.39, 0.29) is 0 Å². The summed E-state index contributed by atoms with van der Waals surface area (Å²) < 4.78 is 6.23. The number of para-hydroxylation sites is 1. The molecule has 3 rings (SSSR count). The third-order valence-electron chi connectivity index (χ3n) is 3.98. The number of hydrogen-bond donors (Lipinski definition) is 1. The fourth-order valence-corrected chi connectivity index (χ4v) is 2.81. The summed E-state index contributed by atoms with van der Waals surface area (Å²) in [6.45, 7) is 0. The average molecular weight is 267 g/mol. The molecule has 0 atom stereocenters. The summed E-state index contributed by atoms with van der Waals surface area (Å²) in [5, 5.41) is 0. The number of benzene rings is 2. The fourth-order valence-electron chi connectivity index (χ4n) is 2.81. The van der Waals surface area contributed by atoms with Gasteiger partial charge in [-0.3, -0.25) is 0 Å². The minimum absolute atomic E-state index is 0.305. The maximum Gasteiger partial charge on any atom is 0.127 e. The van der Waals surface area contributed by atoms with Gasteiger partial charge in [0.05, 0.1) is 6.10 Å². The molecule has 2 aromatic carbocycles. The molecule has 0 aliphatic heterocycles. The molecule has 0 aromatic heterocycles. The number of nitrogens with two attached hydrogens (primary N) is 1. The lowest BCUT2D eigenvalue weighted by Crippen LogP contribution is -2.31. The van der Waals surface area contributed by atoms with Crippen molar-refractivity contribution in [2.45, 2.75) is 37.8 Å². The normalized spacial score (nSPS) is 22.4. The van der Waals surface area contributed by atoms with Crippen LogP contribution in [0, 0.1) is 0 Å². The van der Waals surface area contributed by atoms with Gasteiger partial charge in [-0.15, -0.1) is 0 Å². The fraction of sp³-hybridized carbons (Fsp3) is 0.333. The van der Waals surface area contributed by atoms with Gasteiger partial charge in [0, 0.05) is 11.6 Å². The van der Waals surface area contributed by atoms with Crippen molar-refractivity contribution in [3.05, 3.63) is 54.6 Å². The second kappa shape index (κ2) is 6.10. The molecular formula is C18H21NO. The van der Waals surface area contributed by atoms with Crippen molar-refractivity contribution in [1.82, 2.24) is 0 Å². The molecule has 20 heavy (non-hydrogen) atoms. The summed E-state index contributed by atoms with van der Waals surface area (Å²) in [6.07, 6.45) is 4.56. The molecule has 0 heterocycles. The molecule has 0 amide bonds. The highest BCUT2D eigenvalue weighted by molar-refractivity contribution is 5.70. The number of rotatable bonds is 3. The molecule has 2 N–H and O–H groups in total. The molecule has 0 bridgehead atoms. The molecule has 2 nitrogen and oxygen atoms in total. The van der Waals surface area contributed by atoms with Gasteiger partial charge in [0.25, 0.3) is 0 Å². The topological polar surface area (TPSA) is 35.2 Å². The van der Waals surface area contributed by atoms with Crippen molar-refractivity contribution in [3.63, 3.8) is 0 Å². The zero-order valence-corrected chi connectivity index (χ0v) is 11.7. The molecule has 0 unspecified atom stereocenters. The van der Waals surface area contributed by atoms with Crippen LogP contribution in [-0.4, -0.2) is 12.1 Å². The molecule has 0 spiro atoms. The van der Waals surface area contributed by atoms with Gasteiger partial charge in [-0.1, -0.05) is 48.5 Å². The minimum atomic E-state index is 0.305. The molecule has 2 heteroatoms. The van der Waals surface area contributed by atoms with Crippen molar-refractivity contribution in [3.8, 4) is 16.9 Å². The Bertz CT molecular complexity index is 544. The molecule has 1 aliphatic rings. The van der Waals surface area contributed by atoms with E-state index in [0.29, 0.717) is 12.1 Å². The standard InChI is InChI=1S/C18H21NO/c19-15-10-12-16(13-11-15)20-18-9-5-4-8-17(18)14-6-2-1-3-7-14/h1-9,15-16H,10-13,19H2. The molecule has 0 saturated heterocycles. The Morgan fingerprint density at radius 1 is 0.800 bits per heavy atom. The van der Waals surface area contributed by atoms with Crippen LogP contribution in [0.3, 0.4) is 0 Å². The Hall–Kier alpha value is -1.80. The van der Waals surface area contributed by atoms with Crippen LogP contribution in [0.1, 0.15) is 25.7 Å². The largest absolute Gasteiger partial charge is 0.490 e. The first-order valence-electron chi connectivity index (χ1n) is 7.39. The molecule has 1 fully saturated rings. The summed E-state index contributed by atoms with van der Waals surface area (Å²) in [5.74, 6) is 0.985. The van der Waals surface area contributed by atoms with E-state index >= 15 is 0 Å². The zero-order valence-electron chi connectivity index (χ0n) is 11.7. The molecular weight excluding hydrogens is 246 g/mol. The van der Waals surface area contributed by atoms with Crippen LogP contribution in [-0.2, 0) is 0 Å². The third-order valence-corrected chi connectivity index (χ3v) is 3.98. The van der Waals surface area contributed by atoms with E-state index < -0.39 is 0 Å². The Labute approximate surface area is 120 Å². The summed E-state index contributed by atoms with van der Waals surface area (Å²) >= 11 is 0. The van der Waals surface area contributed by atoms with Gasteiger partial charge in [-0.05, 0) is 37.3 Å². The van der Waals surface area contributed by atoms with Crippen LogP contribution in [0.25, 0.3) is 11.1 Å². The maximum absolute atomic E-state index is 6.23. The first-order valence-corrected chi connectivity index (χ1v) is 7.39. The maximum atomic E-state index is 6.23. The van der Waals surface area contributed by atoms with Gasteiger partial charge in [-0.2, -0.15) is 0 Å². The lowest BCUT2D eigenvalue weighted by Gasteiger charge is -2.27. The molecule has 104 valence electrons.